The maximum absolute atomic E-state index is 12.8. The summed E-state index contributed by atoms with van der Waals surface area (Å²) < 4.78 is 12.0. The third-order valence-electron chi connectivity index (χ3n) is 7.17. The standard InChI is InChI=1S/C29H34IN3O3/c30-28(22-5-2-1-3-6-22)33-18-12-24(13-19-33)31-29(34)23-8-10-25(11-9-23)36-26-14-16-32(17-15-26)21-27-7-4-20-35-27/h1-11,20,24,26,28H,12-19,21H2,(H,31,34). The second-order valence-corrected chi connectivity index (χ2v) is 10.9. The van der Waals surface area contributed by atoms with Gasteiger partial charge in [-0.2, -0.15) is 0 Å². The fraction of sp³-hybridized carbons (Fsp3) is 0.414. The van der Waals surface area contributed by atoms with E-state index in [0.29, 0.717) is 9.61 Å². The van der Waals surface area contributed by atoms with Crippen molar-refractivity contribution in [3.63, 3.8) is 0 Å². The summed E-state index contributed by atoms with van der Waals surface area (Å²) in [6.07, 6.45) is 5.86. The Morgan fingerprint density at radius 3 is 2.33 bits per heavy atom. The molecule has 0 spiro atoms. The predicted octanol–water partition coefficient (Wildman–Crippen LogP) is 5.65. The van der Waals surface area contributed by atoms with Crippen LogP contribution in [0.1, 0.15) is 51.4 Å². The van der Waals surface area contributed by atoms with E-state index in [1.54, 1.807) is 6.26 Å². The minimum absolute atomic E-state index is 0.000294. The second kappa shape index (κ2) is 12.3. The number of nitrogens with one attached hydrogen (secondary N) is 1. The zero-order chi connectivity index (χ0) is 24.7. The van der Waals surface area contributed by atoms with E-state index in [2.05, 4.69) is 68.0 Å². The molecule has 1 unspecified atom stereocenters. The van der Waals surface area contributed by atoms with Crippen molar-refractivity contribution in [2.75, 3.05) is 26.2 Å². The molecule has 0 saturated carbocycles. The van der Waals surface area contributed by atoms with Gasteiger partial charge in [-0.3, -0.25) is 14.6 Å². The number of piperidine rings is 2. The molecule has 1 N–H and O–H groups in total. The van der Waals surface area contributed by atoms with Crippen molar-refractivity contribution in [3.8, 4) is 5.75 Å². The maximum Gasteiger partial charge on any atom is 0.251 e. The van der Waals surface area contributed by atoms with Gasteiger partial charge in [0.1, 0.15) is 17.6 Å². The number of halogens is 1. The van der Waals surface area contributed by atoms with Crippen molar-refractivity contribution < 1.29 is 13.9 Å². The third kappa shape index (κ3) is 6.69. The van der Waals surface area contributed by atoms with Crippen LogP contribution >= 0.6 is 22.6 Å². The molecular formula is C29H34IN3O3. The highest BCUT2D eigenvalue weighted by Crippen LogP contribution is 2.30. The van der Waals surface area contributed by atoms with Gasteiger partial charge < -0.3 is 14.5 Å². The molecule has 0 aliphatic carbocycles. The normalized spacial score (nSPS) is 19.1. The molecule has 3 aromatic rings. The van der Waals surface area contributed by atoms with Crippen molar-refractivity contribution in [2.45, 2.75) is 48.4 Å². The van der Waals surface area contributed by atoms with Crippen molar-refractivity contribution >= 4 is 28.5 Å². The lowest BCUT2D eigenvalue weighted by molar-refractivity contribution is 0.0907. The van der Waals surface area contributed by atoms with Crippen LogP contribution in [0, 0.1) is 0 Å². The van der Waals surface area contributed by atoms with Crippen LogP contribution in [0.15, 0.2) is 77.4 Å². The Bertz CT molecular complexity index is 1070. The molecular weight excluding hydrogens is 565 g/mol. The van der Waals surface area contributed by atoms with E-state index in [-0.39, 0.29) is 18.1 Å². The molecule has 2 aliphatic rings. The van der Waals surface area contributed by atoms with Gasteiger partial charge in [-0.05, 0) is 67.6 Å². The summed E-state index contributed by atoms with van der Waals surface area (Å²) in [5, 5.41) is 3.24. The summed E-state index contributed by atoms with van der Waals surface area (Å²) in [4.78, 5) is 17.7. The highest BCUT2D eigenvalue weighted by molar-refractivity contribution is 14.1. The van der Waals surface area contributed by atoms with E-state index in [1.165, 1.54) is 5.56 Å². The highest BCUT2D eigenvalue weighted by Gasteiger charge is 2.26. The summed E-state index contributed by atoms with van der Waals surface area (Å²) in [6, 6.07) is 22.4. The highest BCUT2D eigenvalue weighted by atomic mass is 127. The van der Waals surface area contributed by atoms with Gasteiger partial charge in [0.25, 0.3) is 5.91 Å². The molecule has 1 atom stereocenters. The fourth-order valence-corrected chi connectivity index (χ4v) is 6.02. The van der Waals surface area contributed by atoms with Gasteiger partial charge in [0.05, 0.1) is 16.9 Å². The zero-order valence-electron chi connectivity index (χ0n) is 20.5. The van der Waals surface area contributed by atoms with E-state index in [0.717, 1.165) is 69.9 Å². The van der Waals surface area contributed by atoms with Crippen molar-refractivity contribution in [1.29, 1.82) is 0 Å². The van der Waals surface area contributed by atoms with E-state index >= 15 is 0 Å². The van der Waals surface area contributed by atoms with E-state index in [4.69, 9.17) is 9.15 Å². The Hall–Kier alpha value is -2.36. The second-order valence-electron chi connectivity index (χ2n) is 9.73. The minimum atomic E-state index is 0.000294. The molecule has 36 heavy (non-hydrogen) atoms. The van der Waals surface area contributed by atoms with Crippen LogP contribution in [0.2, 0.25) is 0 Å². The number of amides is 1. The Labute approximate surface area is 227 Å². The van der Waals surface area contributed by atoms with Crippen molar-refractivity contribution in [2.24, 2.45) is 0 Å². The molecule has 2 fully saturated rings. The number of benzene rings is 2. The van der Waals surface area contributed by atoms with Gasteiger partial charge in [-0.1, -0.05) is 52.9 Å². The molecule has 7 heteroatoms. The van der Waals surface area contributed by atoms with Crippen LogP contribution < -0.4 is 10.1 Å². The topological polar surface area (TPSA) is 58.0 Å². The number of carbonyl (C=O) groups excluding carboxylic acids is 1. The predicted molar refractivity (Wildman–Crippen MR) is 149 cm³/mol. The van der Waals surface area contributed by atoms with Crippen molar-refractivity contribution in [1.82, 2.24) is 15.1 Å². The number of ether oxygens (including phenoxy) is 1. The van der Waals surface area contributed by atoms with Crippen LogP contribution in [-0.4, -0.2) is 54.0 Å². The molecule has 3 heterocycles. The third-order valence-corrected chi connectivity index (χ3v) is 8.68. The van der Waals surface area contributed by atoms with Crippen LogP contribution in [0.5, 0.6) is 5.75 Å². The monoisotopic (exact) mass is 599 g/mol. The maximum atomic E-state index is 12.8. The SMILES string of the molecule is O=C(NC1CCN(C(I)c2ccccc2)CC1)c1ccc(OC2CCN(Cc3ccco3)CC2)cc1. The van der Waals surface area contributed by atoms with Crippen LogP contribution in [-0.2, 0) is 6.54 Å². The van der Waals surface area contributed by atoms with Crippen LogP contribution in [0.25, 0.3) is 0 Å². The lowest BCUT2D eigenvalue weighted by atomic mass is 10.0. The first kappa shape index (κ1) is 25.3. The molecule has 0 radical (unpaired) electrons. The molecule has 6 nitrogen and oxygen atoms in total. The first-order valence-electron chi connectivity index (χ1n) is 12.9. The molecule has 1 amide bonds. The number of rotatable bonds is 8. The first-order valence-corrected chi connectivity index (χ1v) is 14.1. The summed E-state index contributed by atoms with van der Waals surface area (Å²) in [6.45, 7) is 4.82. The summed E-state index contributed by atoms with van der Waals surface area (Å²) in [7, 11) is 0. The van der Waals surface area contributed by atoms with E-state index < -0.39 is 0 Å². The molecule has 1 aromatic heterocycles. The number of hydrogen-bond acceptors (Lipinski definition) is 5. The average molecular weight is 600 g/mol. The Balaban J connectivity index is 1.04. The van der Waals surface area contributed by atoms with Gasteiger partial charge in [0.15, 0.2) is 0 Å². The number of likely N-dealkylation sites (tertiary alicyclic amines) is 2. The van der Waals surface area contributed by atoms with Gasteiger partial charge >= 0.3 is 0 Å². The fourth-order valence-electron chi connectivity index (χ4n) is 5.05. The molecule has 2 saturated heterocycles. The first-order chi connectivity index (χ1) is 17.6. The number of carbonyl (C=O) groups is 1. The molecule has 0 bridgehead atoms. The Morgan fingerprint density at radius 1 is 0.944 bits per heavy atom. The minimum Gasteiger partial charge on any atom is -0.490 e. The van der Waals surface area contributed by atoms with Gasteiger partial charge in [0, 0.05) is 37.8 Å². The van der Waals surface area contributed by atoms with E-state index in [1.807, 2.05) is 36.4 Å². The zero-order valence-corrected chi connectivity index (χ0v) is 22.7. The van der Waals surface area contributed by atoms with Gasteiger partial charge in [0.2, 0.25) is 0 Å². The van der Waals surface area contributed by atoms with E-state index in [9.17, 15) is 4.79 Å². The van der Waals surface area contributed by atoms with Crippen LogP contribution in [0.4, 0.5) is 0 Å². The number of alkyl halides is 1. The number of furan rings is 1. The summed E-state index contributed by atoms with van der Waals surface area (Å²) in [5.74, 6) is 1.84. The molecule has 5 rings (SSSR count). The number of nitrogens with zero attached hydrogens (tertiary/aromatic N) is 2. The van der Waals surface area contributed by atoms with Crippen LogP contribution in [0.3, 0.4) is 0 Å². The van der Waals surface area contributed by atoms with Crippen molar-refractivity contribution in [3.05, 3.63) is 89.9 Å². The average Bonchev–Trinajstić information content (AvgIpc) is 3.44. The molecule has 2 aliphatic heterocycles. The quantitative estimate of drug-likeness (QED) is 0.206. The lowest BCUT2D eigenvalue weighted by Crippen LogP contribution is -2.44. The summed E-state index contributed by atoms with van der Waals surface area (Å²) >= 11 is 2.52. The Morgan fingerprint density at radius 2 is 1.67 bits per heavy atom. The lowest BCUT2D eigenvalue weighted by Gasteiger charge is -2.35. The molecule has 2 aromatic carbocycles. The number of hydrogen-bond donors (Lipinski definition) is 1. The molecule has 190 valence electrons. The smallest absolute Gasteiger partial charge is 0.251 e. The van der Waals surface area contributed by atoms with Gasteiger partial charge in [-0.25, -0.2) is 0 Å². The summed E-state index contributed by atoms with van der Waals surface area (Å²) in [5.41, 5.74) is 2.02. The van der Waals surface area contributed by atoms with Gasteiger partial charge in [-0.15, -0.1) is 0 Å². The largest absolute Gasteiger partial charge is 0.490 e. The Kier molecular flexibility index (Phi) is 8.61.